The summed E-state index contributed by atoms with van der Waals surface area (Å²) in [5.74, 6) is -0.943. The van der Waals surface area contributed by atoms with Gasteiger partial charge >= 0.3 is 0 Å². The number of pyridine rings is 2. The maximum absolute atomic E-state index is 13.1. The number of piperidine rings is 1. The molecule has 1 N–H and O–H groups in total. The Hall–Kier alpha value is -5.66. The van der Waals surface area contributed by atoms with Crippen molar-refractivity contribution in [3.63, 3.8) is 0 Å². The van der Waals surface area contributed by atoms with Crippen molar-refractivity contribution in [2.24, 2.45) is 23.3 Å². The minimum atomic E-state index is -0.987. The number of carbonyl (C=O) groups is 4. The molecule has 59 heavy (non-hydrogen) atoms. The molecule has 6 aliphatic rings. The first-order valence-corrected chi connectivity index (χ1v) is 20.8. The third-order valence-electron chi connectivity index (χ3n) is 14.3. The number of carbonyl (C=O) groups excluding carboxylic acids is 4. The van der Waals surface area contributed by atoms with Gasteiger partial charge in [0.25, 0.3) is 11.8 Å². The Kier molecular flexibility index (Phi) is 8.29. The van der Waals surface area contributed by atoms with E-state index in [-0.39, 0.29) is 36.2 Å². The van der Waals surface area contributed by atoms with Gasteiger partial charge in [0.15, 0.2) is 0 Å². The number of benzene rings is 2. The van der Waals surface area contributed by atoms with E-state index < -0.39 is 29.7 Å². The second-order valence-electron chi connectivity index (χ2n) is 17.6. The van der Waals surface area contributed by atoms with Crippen molar-refractivity contribution in [2.75, 3.05) is 26.4 Å². The summed E-state index contributed by atoms with van der Waals surface area (Å²) in [5.41, 5.74) is 6.08. The standard InChI is InChI=1S/C46H45N5O8/c1-50-36-12-13-47-21-35(36)32-7-4-27(16-38(32)50)28-5-11-40(48-20-28)59-31-17-30(18-31)58-26-45-22-44(23-46(44,45)24-45)25-56-14-2-3-15-57-29-6-8-33-34(19-29)43(55)51(42(33)54)37-9-10-39(52)49-41(37)53/h4-8,11-13,16,19-21,30-31,37H,2-3,9-10,14-15,17-18,22-26H2,1H3,(H,49,52,53)/t30-,31-,37?,44?,45?,46?. The van der Waals surface area contributed by atoms with Gasteiger partial charge < -0.3 is 23.5 Å². The SMILES string of the molecule is Cn1c2ccncc2c2ccc(-c3ccc(O[C@H]4C[C@H](OCC56CC7(COCCCCOc8ccc9c(c8)C(=O)N(C8CCC(=O)NC8=O)C9=O)CC75C6)C4)nc3)cc21. The Morgan fingerprint density at radius 2 is 1.61 bits per heavy atom. The van der Waals surface area contributed by atoms with Crippen LogP contribution in [0, 0.1) is 16.2 Å². The summed E-state index contributed by atoms with van der Waals surface area (Å²) in [6.07, 6.45) is 13.4. The van der Waals surface area contributed by atoms with E-state index in [1.165, 1.54) is 35.7 Å². The number of hydrogen-bond acceptors (Lipinski definition) is 10. The van der Waals surface area contributed by atoms with Crippen molar-refractivity contribution in [1.29, 1.82) is 0 Å². The van der Waals surface area contributed by atoms with Gasteiger partial charge in [-0.1, -0.05) is 12.1 Å². The Labute approximate surface area is 340 Å². The number of amides is 4. The largest absolute Gasteiger partial charge is 0.494 e. The second-order valence-corrected chi connectivity index (χ2v) is 17.6. The summed E-state index contributed by atoms with van der Waals surface area (Å²) >= 11 is 0. The van der Waals surface area contributed by atoms with E-state index in [9.17, 15) is 19.2 Å². The third kappa shape index (κ3) is 5.79. The first kappa shape index (κ1) is 36.4. The number of hydrogen-bond donors (Lipinski definition) is 1. The molecule has 302 valence electrons. The van der Waals surface area contributed by atoms with E-state index in [1.54, 1.807) is 18.2 Å². The lowest BCUT2D eigenvalue weighted by molar-refractivity contribution is -0.136. The Morgan fingerprint density at radius 3 is 2.42 bits per heavy atom. The average Bonchev–Trinajstić information content (AvgIpc) is 3.85. The van der Waals surface area contributed by atoms with Gasteiger partial charge in [0.1, 0.15) is 17.9 Å². The number of ether oxygens (including phenoxy) is 4. The molecule has 1 spiro atoms. The van der Waals surface area contributed by atoms with Crippen LogP contribution in [0.5, 0.6) is 11.6 Å². The van der Waals surface area contributed by atoms with Gasteiger partial charge in [0, 0.05) is 90.3 Å². The second kappa shape index (κ2) is 13.4. The maximum Gasteiger partial charge on any atom is 0.262 e. The summed E-state index contributed by atoms with van der Waals surface area (Å²) in [6.45, 7) is 2.77. The van der Waals surface area contributed by atoms with Gasteiger partial charge in [-0.25, -0.2) is 4.98 Å². The first-order valence-electron chi connectivity index (χ1n) is 20.8. The summed E-state index contributed by atoms with van der Waals surface area (Å²) in [6, 6.07) is 16.4. The van der Waals surface area contributed by atoms with E-state index in [2.05, 4.69) is 57.2 Å². The highest BCUT2D eigenvalue weighted by Gasteiger charge is 2.96. The zero-order valence-electron chi connectivity index (χ0n) is 32.9. The molecule has 1 saturated heterocycles. The normalized spacial score (nSPS) is 28.8. The van der Waals surface area contributed by atoms with Crippen molar-refractivity contribution >= 4 is 45.4 Å². The lowest BCUT2D eigenvalue weighted by Gasteiger charge is -2.39. The molecule has 2 aliphatic heterocycles. The van der Waals surface area contributed by atoms with Crippen LogP contribution in [-0.4, -0.2) is 87.7 Å². The van der Waals surface area contributed by atoms with Crippen LogP contribution in [0.25, 0.3) is 32.9 Å². The van der Waals surface area contributed by atoms with Crippen LogP contribution < -0.4 is 14.8 Å². The predicted molar refractivity (Wildman–Crippen MR) is 215 cm³/mol. The van der Waals surface area contributed by atoms with Crippen molar-refractivity contribution in [2.45, 2.75) is 76.0 Å². The molecule has 3 aromatic heterocycles. The highest BCUT2D eigenvalue weighted by atomic mass is 16.5. The molecule has 2 aromatic carbocycles. The van der Waals surface area contributed by atoms with E-state index in [0.717, 1.165) is 60.3 Å². The molecule has 5 fully saturated rings. The quantitative estimate of drug-likeness (QED) is 0.0964. The number of imide groups is 2. The molecule has 4 saturated carbocycles. The summed E-state index contributed by atoms with van der Waals surface area (Å²) in [4.78, 5) is 59.8. The Balaban J connectivity index is 0.576. The number of fused-ring (bicyclic) bond motifs is 4. The topological polar surface area (TPSA) is 151 Å². The molecule has 5 aromatic rings. The molecule has 13 nitrogen and oxygen atoms in total. The van der Waals surface area contributed by atoms with Gasteiger partial charge in [-0.15, -0.1) is 0 Å². The molecule has 4 unspecified atom stereocenters. The molecular weight excluding hydrogens is 751 g/mol. The minimum Gasteiger partial charge on any atom is -0.494 e. The molecular formula is C46H45N5O8. The molecule has 4 amide bonds. The Morgan fingerprint density at radius 1 is 0.797 bits per heavy atom. The van der Waals surface area contributed by atoms with E-state index in [1.807, 2.05) is 24.7 Å². The van der Waals surface area contributed by atoms with E-state index in [4.69, 9.17) is 18.9 Å². The fraction of sp³-hybridized carbons (Fsp3) is 0.435. The fourth-order valence-corrected chi connectivity index (χ4v) is 10.9. The van der Waals surface area contributed by atoms with Crippen molar-refractivity contribution in [1.82, 2.24) is 24.8 Å². The zero-order valence-corrected chi connectivity index (χ0v) is 32.9. The monoisotopic (exact) mass is 795 g/mol. The van der Waals surface area contributed by atoms with Crippen LogP contribution in [0.1, 0.15) is 78.5 Å². The van der Waals surface area contributed by atoms with E-state index >= 15 is 0 Å². The lowest BCUT2D eigenvalue weighted by Crippen LogP contribution is -2.54. The van der Waals surface area contributed by atoms with Crippen molar-refractivity contribution in [3.05, 3.63) is 84.3 Å². The van der Waals surface area contributed by atoms with Crippen LogP contribution >= 0.6 is 0 Å². The van der Waals surface area contributed by atoms with Crippen LogP contribution in [0.3, 0.4) is 0 Å². The number of nitrogens with one attached hydrogen (secondary N) is 1. The van der Waals surface area contributed by atoms with Crippen LogP contribution in [0.15, 0.2) is 73.2 Å². The summed E-state index contributed by atoms with van der Waals surface area (Å²) in [7, 11) is 2.09. The number of aryl methyl sites for hydroxylation is 1. The molecule has 5 heterocycles. The number of nitrogens with zero attached hydrogens (tertiary/aromatic N) is 4. The Bertz CT molecular complexity index is 2580. The summed E-state index contributed by atoms with van der Waals surface area (Å²) < 4.78 is 26.9. The minimum absolute atomic E-state index is 0.0832. The molecule has 4 aliphatic carbocycles. The first-order chi connectivity index (χ1) is 28.7. The third-order valence-corrected chi connectivity index (χ3v) is 14.3. The lowest BCUT2D eigenvalue weighted by atomic mass is 9.75. The van der Waals surface area contributed by atoms with Crippen molar-refractivity contribution < 1.29 is 38.1 Å². The van der Waals surface area contributed by atoms with Crippen LogP contribution in [0.2, 0.25) is 0 Å². The molecule has 0 bridgehead atoms. The van der Waals surface area contributed by atoms with Crippen LogP contribution in [-0.2, 0) is 26.1 Å². The average molecular weight is 796 g/mol. The van der Waals surface area contributed by atoms with E-state index in [0.29, 0.717) is 41.1 Å². The van der Waals surface area contributed by atoms with Crippen LogP contribution in [0.4, 0.5) is 0 Å². The molecule has 0 radical (unpaired) electrons. The number of rotatable bonds is 15. The van der Waals surface area contributed by atoms with Gasteiger partial charge in [-0.05, 0) is 85.9 Å². The van der Waals surface area contributed by atoms with Gasteiger partial charge in [-0.3, -0.25) is 34.4 Å². The molecule has 4 atom stereocenters. The molecule has 13 heteroatoms. The van der Waals surface area contributed by atoms with Gasteiger partial charge in [0.2, 0.25) is 17.7 Å². The van der Waals surface area contributed by atoms with Crippen molar-refractivity contribution in [3.8, 4) is 22.8 Å². The summed E-state index contributed by atoms with van der Waals surface area (Å²) in [5, 5.41) is 4.57. The highest BCUT2D eigenvalue weighted by Crippen LogP contribution is 3.00. The predicted octanol–water partition coefficient (Wildman–Crippen LogP) is 6.16. The van der Waals surface area contributed by atoms with Gasteiger partial charge in [-0.2, -0.15) is 0 Å². The highest BCUT2D eigenvalue weighted by molar-refractivity contribution is 6.23. The smallest absolute Gasteiger partial charge is 0.262 e. The number of aromatic nitrogens is 3. The molecule has 11 rings (SSSR count). The number of unbranched alkanes of at least 4 members (excludes halogenated alkanes) is 1. The maximum atomic E-state index is 13.1. The van der Waals surface area contributed by atoms with Gasteiger partial charge in [0.05, 0.1) is 42.6 Å². The zero-order chi connectivity index (χ0) is 40.1. The fourth-order valence-electron chi connectivity index (χ4n) is 10.9.